The van der Waals surface area contributed by atoms with Crippen molar-refractivity contribution in [1.82, 2.24) is 4.98 Å². The second-order valence-electron chi connectivity index (χ2n) is 6.76. The molecule has 0 saturated carbocycles. The van der Waals surface area contributed by atoms with Crippen molar-refractivity contribution in [2.75, 3.05) is 17.3 Å². The number of carbonyl (C=O) groups excluding carboxylic acids is 3. The van der Waals surface area contributed by atoms with E-state index in [0.717, 1.165) is 16.1 Å². The van der Waals surface area contributed by atoms with Gasteiger partial charge in [-0.25, -0.2) is 9.78 Å². The van der Waals surface area contributed by atoms with Gasteiger partial charge in [0, 0.05) is 22.4 Å². The van der Waals surface area contributed by atoms with E-state index in [1.54, 1.807) is 5.38 Å². The number of fused-ring (bicyclic) bond motifs is 1. The zero-order valence-electron chi connectivity index (χ0n) is 16.2. The molecule has 1 aliphatic rings. The van der Waals surface area contributed by atoms with Crippen LogP contribution in [-0.4, -0.2) is 35.9 Å². The van der Waals surface area contributed by atoms with Crippen LogP contribution in [0.4, 0.5) is 10.8 Å². The molecule has 0 saturated heterocycles. The van der Waals surface area contributed by atoms with Crippen LogP contribution in [0.15, 0.2) is 47.2 Å². The first-order valence-corrected chi connectivity index (χ1v) is 11.1. The average molecular weight is 442 g/mol. The van der Waals surface area contributed by atoms with Gasteiger partial charge in [-0.05, 0) is 23.1 Å². The highest BCUT2D eigenvalue weighted by molar-refractivity contribution is 7.14. The van der Waals surface area contributed by atoms with E-state index in [0.29, 0.717) is 17.2 Å². The van der Waals surface area contributed by atoms with Crippen molar-refractivity contribution in [1.29, 1.82) is 0 Å². The first kappa shape index (κ1) is 20.2. The van der Waals surface area contributed by atoms with Crippen LogP contribution in [0.2, 0.25) is 0 Å². The minimum atomic E-state index is -0.677. The number of hydrogen-bond donors (Lipinski definition) is 1. The van der Waals surface area contributed by atoms with E-state index in [1.807, 2.05) is 41.8 Å². The van der Waals surface area contributed by atoms with E-state index >= 15 is 0 Å². The van der Waals surface area contributed by atoms with E-state index in [1.165, 1.54) is 34.7 Å². The maximum absolute atomic E-state index is 13.0. The van der Waals surface area contributed by atoms with Gasteiger partial charge in [-0.2, -0.15) is 0 Å². The van der Waals surface area contributed by atoms with Gasteiger partial charge >= 0.3 is 5.97 Å². The Morgan fingerprint density at radius 3 is 2.77 bits per heavy atom. The van der Waals surface area contributed by atoms with Crippen LogP contribution in [0.5, 0.6) is 0 Å². The predicted octanol–water partition coefficient (Wildman–Crippen LogP) is 3.06. The molecule has 2 aromatic heterocycles. The van der Waals surface area contributed by atoms with E-state index in [-0.39, 0.29) is 24.7 Å². The van der Waals surface area contributed by atoms with Gasteiger partial charge in [0.1, 0.15) is 6.04 Å². The van der Waals surface area contributed by atoms with Crippen LogP contribution < -0.4 is 10.2 Å². The number of nitrogens with one attached hydrogen (secondary N) is 1. The molecule has 1 unspecified atom stereocenters. The fourth-order valence-corrected chi connectivity index (χ4v) is 4.87. The number of hydrogen-bond acceptors (Lipinski definition) is 7. The molecule has 7 nitrogen and oxygen atoms in total. The van der Waals surface area contributed by atoms with E-state index in [2.05, 4.69) is 10.3 Å². The van der Waals surface area contributed by atoms with Gasteiger partial charge in [0.15, 0.2) is 5.13 Å². The van der Waals surface area contributed by atoms with Crippen LogP contribution in [0, 0.1) is 0 Å². The Hall–Kier alpha value is -3.04. The quantitative estimate of drug-likeness (QED) is 0.594. The summed E-state index contributed by atoms with van der Waals surface area (Å²) in [5, 5.41) is 6.89. The number of thiophene rings is 1. The van der Waals surface area contributed by atoms with Gasteiger partial charge in [-0.1, -0.05) is 24.3 Å². The van der Waals surface area contributed by atoms with Gasteiger partial charge in [-0.15, -0.1) is 22.7 Å². The zero-order chi connectivity index (χ0) is 21.1. The van der Waals surface area contributed by atoms with E-state index in [9.17, 15) is 14.4 Å². The number of methoxy groups -OCH3 is 1. The first-order chi connectivity index (χ1) is 14.5. The SMILES string of the molecule is COC(=O)C1Cc2ccccc2N1C(=O)Cc1csc(NC(=O)Cc2cccs2)n1. The maximum atomic E-state index is 13.0. The average Bonchev–Trinajstić information content (AvgIpc) is 3.47. The molecule has 3 heterocycles. The Morgan fingerprint density at radius 1 is 1.17 bits per heavy atom. The minimum Gasteiger partial charge on any atom is -0.467 e. The lowest BCUT2D eigenvalue weighted by Gasteiger charge is -2.23. The lowest BCUT2D eigenvalue weighted by atomic mass is 10.1. The molecule has 3 aromatic rings. The Morgan fingerprint density at radius 2 is 2.00 bits per heavy atom. The number of carbonyl (C=O) groups is 3. The van der Waals surface area contributed by atoms with Gasteiger partial charge in [0.25, 0.3) is 0 Å². The first-order valence-electron chi connectivity index (χ1n) is 9.29. The summed E-state index contributed by atoms with van der Waals surface area (Å²) in [6.45, 7) is 0. The summed E-state index contributed by atoms with van der Waals surface area (Å²) in [5.74, 6) is -0.833. The predicted molar refractivity (Wildman–Crippen MR) is 116 cm³/mol. The second kappa shape index (κ2) is 8.76. The second-order valence-corrected chi connectivity index (χ2v) is 8.65. The molecule has 1 atom stereocenters. The van der Waals surface area contributed by atoms with Crippen LogP contribution >= 0.6 is 22.7 Å². The van der Waals surface area contributed by atoms with Gasteiger partial charge < -0.3 is 10.1 Å². The Bertz CT molecular complexity index is 1080. The number of ether oxygens (including phenoxy) is 1. The third kappa shape index (κ3) is 4.27. The zero-order valence-corrected chi connectivity index (χ0v) is 17.8. The largest absolute Gasteiger partial charge is 0.467 e. The van der Waals surface area contributed by atoms with Crippen LogP contribution in [0.1, 0.15) is 16.1 Å². The molecule has 0 aliphatic carbocycles. The summed E-state index contributed by atoms with van der Waals surface area (Å²) >= 11 is 2.79. The highest BCUT2D eigenvalue weighted by Crippen LogP contribution is 2.33. The summed E-state index contributed by atoms with van der Waals surface area (Å²) in [5.41, 5.74) is 2.20. The number of rotatable bonds is 6. The smallest absolute Gasteiger partial charge is 0.329 e. The van der Waals surface area contributed by atoms with Crippen molar-refractivity contribution < 1.29 is 19.1 Å². The lowest BCUT2D eigenvalue weighted by molar-refractivity contribution is -0.143. The standard InChI is InChI=1S/C21H19N3O4S2/c1-28-20(27)17-9-13-5-2-3-7-16(13)24(17)19(26)10-14-12-30-21(22-14)23-18(25)11-15-6-4-8-29-15/h2-8,12,17H,9-11H2,1H3,(H,22,23,25). The molecule has 0 spiro atoms. The third-order valence-corrected chi connectivity index (χ3v) is 6.45. The summed E-state index contributed by atoms with van der Waals surface area (Å²) in [6.07, 6.45) is 0.742. The molecular formula is C21H19N3O4S2. The van der Waals surface area contributed by atoms with E-state index in [4.69, 9.17) is 4.74 Å². The number of benzene rings is 1. The molecule has 1 aromatic carbocycles. The van der Waals surface area contributed by atoms with Crippen molar-refractivity contribution in [2.45, 2.75) is 25.3 Å². The molecule has 4 rings (SSSR count). The molecule has 30 heavy (non-hydrogen) atoms. The Kier molecular flexibility index (Phi) is 5.91. The number of aromatic nitrogens is 1. The number of anilines is 2. The fraction of sp³-hybridized carbons (Fsp3) is 0.238. The summed E-state index contributed by atoms with van der Waals surface area (Å²) in [7, 11) is 1.32. The highest BCUT2D eigenvalue weighted by atomic mass is 32.1. The molecule has 0 radical (unpaired) electrons. The number of nitrogens with zero attached hydrogens (tertiary/aromatic N) is 2. The molecule has 154 valence electrons. The molecule has 9 heteroatoms. The van der Waals surface area contributed by atoms with E-state index < -0.39 is 12.0 Å². The molecular weight excluding hydrogens is 422 g/mol. The minimum absolute atomic E-state index is 0.0269. The molecule has 0 bridgehead atoms. The third-order valence-electron chi connectivity index (χ3n) is 4.76. The topological polar surface area (TPSA) is 88.6 Å². The fourth-order valence-electron chi connectivity index (χ4n) is 3.44. The molecule has 2 amide bonds. The van der Waals surface area contributed by atoms with Crippen LogP contribution in [-0.2, 0) is 38.4 Å². The number of amides is 2. The normalized spacial score (nSPS) is 15.0. The van der Waals surface area contributed by atoms with Crippen molar-refractivity contribution >= 4 is 51.3 Å². The molecule has 1 N–H and O–H groups in total. The maximum Gasteiger partial charge on any atom is 0.329 e. The van der Waals surface area contributed by atoms with Crippen molar-refractivity contribution in [3.8, 4) is 0 Å². The Balaban J connectivity index is 1.44. The van der Waals surface area contributed by atoms with Crippen molar-refractivity contribution in [3.63, 3.8) is 0 Å². The molecule has 1 aliphatic heterocycles. The molecule has 0 fully saturated rings. The summed E-state index contributed by atoms with van der Waals surface area (Å²) in [4.78, 5) is 44.3. The van der Waals surface area contributed by atoms with Gasteiger partial charge in [0.2, 0.25) is 11.8 Å². The van der Waals surface area contributed by atoms with Gasteiger partial charge in [0.05, 0.1) is 25.6 Å². The number of esters is 1. The van der Waals surface area contributed by atoms with Crippen LogP contribution in [0.3, 0.4) is 0 Å². The van der Waals surface area contributed by atoms with Crippen molar-refractivity contribution in [2.24, 2.45) is 0 Å². The monoisotopic (exact) mass is 441 g/mol. The van der Waals surface area contributed by atoms with Crippen molar-refractivity contribution in [3.05, 3.63) is 63.3 Å². The lowest BCUT2D eigenvalue weighted by Crippen LogP contribution is -2.44. The summed E-state index contributed by atoms with van der Waals surface area (Å²) < 4.78 is 4.89. The highest BCUT2D eigenvalue weighted by Gasteiger charge is 2.38. The summed E-state index contributed by atoms with van der Waals surface area (Å²) in [6, 6.07) is 10.6. The van der Waals surface area contributed by atoms with Gasteiger partial charge in [-0.3, -0.25) is 14.5 Å². The Labute approximate surface area is 181 Å². The number of thiazole rings is 1. The number of para-hydroxylation sites is 1. The van der Waals surface area contributed by atoms with Crippen LogP contribution in [0.25, 0.3) is 0 Å².